The molecular weight excluding hydrogens is 256 g/mol. The monoisotopic (exact) mass is 270 g/mol. The molecule has 1 fully saturated rings. The molecule has 0 unspecified atom stereocenters. The number of ether oxygens (including phenoxy) is 1. The second kappa shape index (κ2) is 4.95. The number of rotatable bonds is 4. The van der Waals surface area contributed by atoms with Crippen LogP contribution in [0.1, 0.15) is 11.1 Å². The summed E-state index contributed by atoms with van der Waals surface area (Å²) in [5.74, 6) is 0. The van der Waals surface area contributed by atoms with Crippen LogP contribution in [0.25, 0.3) is 0 Å². The molecule has 7 heteroatoms. The van der Waals surface area contributed by atoms with E-state index in [0.717, 1.165) is 11.1 Å². The Bertz CT molecular complexity index is 539. The van der Waals surface area contributed by atoms with Gasteiger partial charge in [0.2, 0.25) is 0 Å². The highest BCUT2D eigenvalue weighted by atomic mass is 32.2. The molecule has 6 nitrogen and oxygen atoms in total. The fraction of sp³-hybridized carbons (Fsp3) is 0.364. The maximum absolute atomic E-state index is 11.8. The Balaban J connectivity index is 2.01. The minimum atomic E-state index is -3.81. The summed E-state index contributed by atoms with van der Waals surface area (Å²) in [5.41, 5.74) is 1.93. The third kappa shape index (κ3) is 2.80. The number of carbonyl (C=O) groups is 1. The number of aryl methyl sites for hydroxylation is 1. The lowest BCUT2D eigenvalue weighted by molar-refractivity contribution is 0.169. The zero-order valence-electron chi connectivity index (χ0n) is 9.92. The molecule has 98 valence electrons. The lowest BCUT2D eigenvalue weighted by Gasteiger charge is -2.14. The van der Waals surface area contributed by atoms with Crippen molar-refractivity contribution in [1.82, 2.24) is 9.03 Å². The average Bonchev–Trinajstić information content (AvgIpc) is 2.76. The van der Waals surface area contributed by atoms with Gasteiger partial charge in [-0.3, -0.25) is 0 Å². The molecule has 1 amide bonds. The SMILES string of the molecule is Cc1ccc(CNS(=O)(=O)N2CCOC2=O)cc1. The van der Waals surface area contributed by atoms with E-state index in [4.69, 9.17) is 0 Å². The standard InChI is InChI=1S/C11H14N2O4S/c1-9-2-4-10(5-3-9)8-12-18(15,16)13-6-7-17-11(13)14/h2-5,12H,6-8H2,1H3. The number of carbonyl (C=O) groups excluding carboxylic acids is 1. The maximum atomic E-state index is 11.8. The van der Waals surface area contributed by atoms with Crippen LogP contribution in [0.3, 0.4) is 0 Å². The summed E-state index contributed by atoms with van der Waals surface area (Å²) in [7, 11) is -3.81. The third-order valence-electron chi connectivity index (χ3n) is 2.59. The van der Waals surface area contributed by atoms with E-state index >= 15 is 0 Å². The first-order valence-electron chi connectivity index (χ1n) is 5.49. The molecule has 0 saturated carbocycles. The first-order valence-corrected chi connectivity index (χ1v) is 6.93. The lowest BCUT2D eigenvalue weighted by atomic mass is 10.2. The van der Waals surface area contributed by atoms with E-state index in [0.29, 0.717) is 4.31 Å². The van der Waals surface area contributed by atoms with Gasteiger partial charge >= 0.3 is 16.3 Å². The van der Waals surface area contributed by atoms with Crippen molar-refractivity contribution in [1.29, 1.82) is 0 Å². The van der Waals surface area contributed by atoms with Crippen molar-refractivity contribution in [3.63, 3.8) is 0 Å². The van der Waals surface area contributed by atoms with Crippen LogP contribution >= 0.6 is 0 Å². The van der Waals surface area contributed by atoms with Gasteiger partial charge in [-0.05, 0) is 12.5 Å². The van der Waals surface area contributed by atoms with Gasteiger partial charge in [0.25, 0.3) is 0 Å². The summed E-state index contributed by atoms with van der Waals surface area (Å²) in [6.07, 6.45) is -0.827. The van der Waals surface area contributed by atoms with Crippen molar-refractivity contribution >= 4 is 16.3 Å². The van der Waals surface area contributed by atoms with Gasteiger partial charge in [0, 0.05) is 6.54 Å². The normalized spacial score (nSPS) is 15.8. The van der Waals surface area contributed by atoms with Gasteiger partial charge in [0.1, 0.15) is 6.61 Å². The Morgan fingerprint density at radius 2 is 2.00 bits per heavy atom. The molecule has 1 aliphatic heterocycles. The molecule has 1 aliphatic rings. The van der Waals surface area contributed by atoms with E-state index in [1.165, 1.54) is 0 Å². The van der Waals surface area contributed by atoms with Gasteiger partial charge in [-0.2, -0.15) is 17.4 Å². The molecule has 0 radical (unpaired) electrons. The van der Waals surface area contributed by atoms with E-state index < -0.39 is 16.3 Å². The number of cyclic esters (lactones) is 1. The summed E-state index contributed by atoms with van der Waals surface area (Å²) in [4.78, 5) is 11.2. The van der Waals surface area contributed by atoms with Crippen LogP contribution in [0.15, 0.2) is 24.3 Å². The van der Waals surface area contributed by atoms with Gasteiger partial charge in [0.05, 0.1) is 6.54 Å². The van der Waals surface area contributed by atoms with Crippen LogP contribution in [-0.2, 0) is 21.5 Å². The summed E-state index contributed by atoms with van der Waals surface area (Å²) in [6, 6.07) is 7.46. The van der Waals surface area contributed by atoms with Gasteiger partial charge < -0.3 is 4.74 Å². The molecule has 18 heavy (non-hydrogen) atoms. The number of nitrogens with one attached hydrogen (secondary N) is 1. The van der Waals surface area contributed by atoms with Crippen LogP contribution in [0, 0.1) is 6.92 Å². The first kappa shape index (κ1) is 12.8. The van der Waals surface area contributed by atoms with Gasteiger partial charge in [-0.1, -0.05) is 29.8 Å². The van der Waals surface area contributed by atoms with Gasteiger partial charge in [-0.25, -0.2) is 4.79 Å². The Morgan fingerprint density at radius 3 is 2.56 bits per heavy atom. The molecular formula is C11H14N2O4S. The van der Waals surface area contributed by atoms with E-state index in [2.05, 4.69) is 9.46 Å². The van der Waals surface area contributed by atoms with Crippen molar-refractivity contribution in [2.45, 2.75) is 13.5 Å². The van der Waals surface area contributed by atoms with Crippen molar-refractivity contribution in [3.8, 4) is 0 Å². The highest BCUT2D eigenvalue weighted by molar-refractivity contribution is 7.87. The number of hydrogen-bond donors (Lipinski definition) is 1. The summed E-state index contributed by atoms with van der Waals surface area (Å²) >= 11 is 0. The van der Waals surface area contributed by atoms with E-state index in [1.807, 2.05) is 31.2 Å². The lowest BCUT2D eigenvalue weighted by Crippen LogP contribution is -2.40. The van der Waals surface area contributed by atoms with Gasteiger partial charge in [0.15, 0.2) is 0 Å². The predicted octanol–water partition coefficient (Wildman–Crippen LogP) is 0.782. The molecule has 1 aromatic rings. The summed E-state index contributed by atoms with van der Waals surface area (Å²) < 4.78 is 31.2. The Labute approximate surface area is 106 Å². The molecule has 1 aromatic carbocycles. The first-order chi connectivity index (χ1) is 8.49. The van der Waals surface area contributed by atoms with Gasteiger partial charge in [-0.15, -0.1) is 0 Å². The second-order valence-corrected chi connectivity index (χ2v) is 5.68. The number of nitrogens with zero attached hydrogens (tertiary/aromatic N) is 1. The highest BCUT2D eigenvalue weighted by Gasteiger charge is 2.32. The highest BCUT2D eigenvalue weighted by Crippen LogP contribution is 2.09. The molecule has 0 bridgehead atoms. The molecule has 1 N–H and O–H groups in total. The van der Waals surface area contributed by atoms with Crippen molar-refractivity contribution in [3.05, 3.63) is 35.4 Å². The van der Waals surface area contributed by atoms with Crippen LogP contribution in [0.5, 0.6) is 0 Å². The number of hydrogen-bond acceptors (Lipinski definition) is 4. The average molecular weight is 270 g/mol. The topological polar surface area (TPSA) is 75.7 Å². The third-order valence-corrected chi connectivity index (χ3v) is 4.01. The summed E-state index contributed by atoms with van der Waals surface area (Å²) in [5, 5.41) is 0. The predicted molar refractivity (Wildman–Crippen MR) is 65.0 cm³/mol. The fourth-order valence-electron chi connectivity index (χ4n) is 1.56. The van der Waals surface area contributed by atoms with E-state index in [-0.39, 0.29) is 19.7 Å². The second-order valence-electron chi connectivity index (χ2n) is 4.00. The molecule has 1 heterocycles. The molecule has 0 atom stereocenters. The van der Waals surface area contributed by atoms with E-state index in [9.17, 15) is 13.2 Å². The molecule has 0 aliphatic carbocycles. The molecule has 2 rings (SSSR count). The van der Waals surface area contributed by atoms with Crippen LogP contribution in [0.2, 0.25) is 0 Å². The Kier molecular flexibility index (Phi) is 3.53. The minimum Gasteiger partial charge on any atom is -0.447 e. The molecule has 0 spiro atoms. The van der Waals surface area contributed by atoms with Crippen molar-refractivity contribution in [2.75, 3.05) is 13.2 Å². The quantitative estimate of drug-likeness (QED) is 0.877. The number of benzene rings is 1. The van der Waals surface area contributed by atoms with Crippen LogP contribution in [0.4, 0.5) is 4.79 Å². The Hall–Kier alpha value is -1.60. The summed E-state index contributed by atoms with van der Waals surface area (Å²) in [6.45, 7) is 2.26. The maximum Gasteiger partial charge on any atom is 0.424 e. The molecule has 1 saturated heterocycles. The minimum absolute atomic E-state index is 0.0576. The molecule has 0 aromatic heterocycles. The zero-order chi connectivity index (χ0) is 13.2. The largest absolute Gasteiger partial charge is 0.447 e. The van der Waals surface area contributed by atoms with Crippen molar-refractivity contribution in [2.24, 2.45) is 0 Å². The van der Waals surface area contributed by atoms with Crippen LogP contribution < -0.4 is 4.72 Å². The van der Waals surface area contributed by atoms with E-state index in [1.54, 1.807) is 0 Å². The zero-order valence-corrected chi connectivity index (χ0v) is 10.7. The number of amides is 1. The Morgan fingerprint density at radius 1 is 1.33 bits per heavy atom. The smallest absolute Gasteiger partial charge is 0.424 e. The van der Waals surface area contributed by atoms with Crippen molar-refractivity contribution < 1.29 is 17.9 Å². The van der Waals surface area contributed by atoms with Crippen LogP contribution in [-0.4, -0.2) is 32.0 Å². The fourth-order valence-corrected chi connectivity index (χ4v) is 2.62.